The van der Waals surface area contributed by atoms with Crippen molar-refractivity contribution in [3.8, 4) is 41.0 Å². The number of aromatic hydroxyl groups is 1. The number of anilines is 1. The van der Waals surface area contributed by atoms with E-state index in [-0.39, 0.29) is 95.1 Å². The molecule has 12 nitrogen and oxygen atoms in total. The molecule has 2 bridgehead atoms. The van der Waals surface area contributed by atoms with Crippen molar-refractivity contribution in [1.29, 1.82) is 0 Å². The molecule has 1 amide bonds. The molecular weight excluding hydrogens is 714 g/mol. The quantitative estimate of drug-likeness (QED) is 0.144. The minimum atomic E-state index is -1.14. The van der Waals surface area contributed by atoms with Crippen LogP contribution in [0.15, 0.2) is 24.3 Å². The molecule has 0 aliphatic carbocycles. The molecule has 0 radical (unpaired) electrons. The Balaban J connectivity index is 0.00000145. The van der Waals surface area contributed by atoms with Gasteiger partial charge in [-0.15, -0.1) is 6.42 Å². The first kappa shape index (κ1) is 36.8. The molecule has 54 heavy (non-hydrogen) atoms. The first-order chi connectivity index (χ1) is 26.0. The highest BCUT2D eigenvalue weighted by atomic mass is 19.1. The second-order valence-corrected chi connectivity index (χ2v) is 13.9. The maximum absolute atomic E-state index is 17.2. The number of nitrogens with zero attached hydrogens (tertiary/aromatic N) is 5. The summed E-state index contributed by atoms with van der Waals surface area (Å²) < 4.78 is 80.6. The number of amides is 1. The van der Waals surface area contributed by atoms with Gasteiger partial charge >= 0.3 is 12.1 Å². The number of carboxylic acid groups (broad SMARTS) is 1. The molecule has 0 spiro atoms. The number of rotatable bonds is 6. The maximum Gasteiger partial charge on any atom is 0.410 e. The number of methoxy groups -OCH3 is 2. The van der Waals surface area contributed by atoms with Gasteiger partial charge in [-0.3, -0.25) is 14.6 Å². The van der Waals surface area contributed by atoms with E-state index >= 15 is 13.2 Å². The van der Waals surface area contributed by atoms with E-state index in [1.54, 1.807) is 4.90 Å². The Bertz CT molecular complexity index is 2190. The number of halogens is 4. The summed E-state index contributed by atoms with van der Waals surface area (Å²) in [4.78, 5) is 35.8. The third-order valence-electron chi connectivity index (χ3n) is 11.0. The molecule has 5 heterocycles. The van der Waals surface area contributed by atoms with E-state index in [9.17, 15) is 14.3 Å². The van der Waals surface area contributed by atoms with Crippen LogP contribution in [0.2, 0.25) is 0 Å². The van der Waals surface area contributed by atoms with Crippen molar-refractivity contribution in [3.63, 3.8) is 0 Å². The molecule has 2 unspecified atom stereocenters. The van der Waals surface area contributed by atoms with Crippen molar-refractivity contribution in [3.05, 3.63) is 47.3 Å². The first-order valence-corrected chi connectivity index (χ1v) is 17.4. The molecule has 1 aromatic heterocycles. The van der Waals surface area contributed by atoms with Crippen LogP contribution in [0.25, 0.3) is 32.8 Å². The lowest BCUT2D eigenvalue weighted by atomic mass is 9.92. The second kappa shape index (κ2) is 14.3. The topological polar surface area (TPSA) is 138 Å². The minimum Gasteiger partial charge on any atom is -0.508 e. The Morgan fingerprint density at radius 2 is 1.81 bits per heavy atom. The standard InChI is InChI=1S/C37H35F4N5O5.CH2O2/c1-4-24-26(39)9-6-19-12-23(47)13-25(27(19)24)28-30(40)32-29(33(49-2)31(28)41)34(44-16-21-7-8-22(17-44)46(21)36(48)50-3)43-35(42-32)51-18-37-10-5-11-45(37)15-20(38)14-37;2-1-3/h1,6,9,12-13,20-22,47H,5,7-8,10-11,14-18H2,2-3H3;1H,(H,2,3)/t20-,21?,22?,37+;/m1./s1. The fourth-order valence-corrected chi connectivity index (χ4v) is 8.85. The van der Waals surface area contributed by atoms with Crippen molar-refractivity contribution in [2.24, 2.45) is 0 Å². The Hall–Kier alpha value is -5.56. The molecule has 4 aromatic rings. The molecule has 2 N–H and O–H groups in total. The van der Waals surface area contributed by atoms with E-state index in [4.69, 9.17) is 35.5 Å². The molecule has 284 valence electrons. The smallest absolute Gasteiger partial charge is 0.410 e. The van der Waals surface area contributed by atoms with Gasteiger partial charge < -0.3 is 29.3 Å². The van der Waals surface area contributed by atoms with E-state index in [0.717, 1.165) is 25.1 Å². The van der Waals surface area contributed by atoms with E-state index in [1.165, 1.54) is 26.4 Å². The average molecular weight is 752 g/mol. The van der Waals surface area contributed by atoms with Crippen LogP contribution in [0.1, 0.15) is 37.7 Å². The summed E-state index contributed by atoms with van der Waals surface area (Å²) in [6.07, 6.45) is 7.45. The van der Waals surface area contributed by atoms with Crippen molar-refractivity contribution >= 4 is 40.1 Å². The van der Waals surface area contributed by atoms with Gasteiger partial charge in [0.05, 0.1) is 48.4 Å². The zero-order valence-electron chi connectivity index (χ0n) is 29.5. The van der Waals surface area contributed by atoms with E-state index < -0.39 is 46.6 Å². The lowest BCUT2D eigenvalue weighted by Gasteiger charge is -2.41. The highest BCUT2D eigenvalue weighted by Gasteiger charge is 2.50. The van der Waals surface area contributed by atoms with Gasteiger partial charge in [0.1, 0.15) is 35.7 Å². The third-order valence-corrected chi connectivity index (χ3v) is 11.0. The zero-order valence-corrected chi connectivity index (χ0v) is 29.5. The van der Waals surface area contributed by atoms with Crippen LogP contribution in [0.5, 0.6) is 17.5 Å². The maximum atomic E-state index is 17.2. The number of piperazine rings is 1. The monoisotopic (exact) mass is 751 g/mol. The summed E-state index contributed by atoms with van der Waals surface area (Å²) >= 11 is 0. The molecule has 4 fully saturated rings. The van der Waals surface area contributed by atoms with Crippen LogP contribution >= 0.6 is 0 Å². The largest absolute Gasteiger partial charge is 0.508 e. The van der Waals surface area contributed by atoms with E-state index in [2.05, 4.69) is 15.8 Å². The molecule has 4 aliphatic rings. The highest BCUT2D eigenvalue weighted by Crippen LogP contribution is 2.47. The molecule has 3 aromatic carbocycles. The van der Waals surface area contributed by atoms with Crippen molar-refractivity contribution in [2.75, 3.05) is 51.9 Å². The highest BCUT2D eigenvalue weighted by molar-refractivity contribution is 6.06. The molecule has 4 saturated heterocycles. The van der Waals surface area contributed by atoms with Gasteiger partial charge in [-0.25, -0.2) is 22.4 Å². The lowest BCUT2D eigenvalue weighted by Crippen LogP contribution is -2.56. The number of alkyl halides is 1. The number of hydrogen-bond donors (Lipinski definition) is 2. The van der Waals surface area contributed by atoms with Crippen molar-refractivity contribution in [2.45, 2.75) is 55.9 Å². The van der Waals surface area contributed by atoms with Crippen LogP contribution in [-0.4, -0.2) is 113 Å². The number of aromatic nitrogens is 2. The summed E-state index contributed by atoms with van der Waals surface area (Å²) in [7, 11) is 2.54. The fraction of sp³-hybridized carbons (Fsp3) is 0.421. The normalized spacial score (nSPS) is 23.2. The Morgan fingerprint density at radius 1 is 1.09 bits per heavy atom. The third kappa shape index (κ3) is 6.00. The van der Waals surface area contributed by atoms with Crippen LogP contribution in [-0.2, 0) is 9.53 Å². The van der Waals surface area contributed by atoms with Gasteiger partial charge in [0.25, 0.3) is 6.47 Å². The van der Waals surface area contributed by atoms with Crippen LogP contribution in [0.3, 0.4) is 0 Å². The number of carbonyl (C=O) groups excluding carboxylic acids is 1. The predicted molar refractivity (Wildman–Crippen MR) is 189 cm³/mol. The van der Waals surface area contributed by atoms with Crippen LogP contribution in [0.4, 0.5) is 28.2 Å². The molecule has 16 heteroatoms. The number of benzene rings is 3. The molecule has 8 rings (SSSR count). The number of phenolic OH excluding ortho intramolecular Hbond substituents is 1. The Morgan fingerprint density at radius 3 is 2.48 bits per heavy atom. The average Bonchev–Trinajstić information content (AvgIpc) is 3.77. The number of ether oxygens (including phenoxy) is 3. The number of hydrogen-bond acceptors (Lipinski definition) is 10. The molecule has 4 atom stereocenters. The lowest BCUT2D eigenvalue weighted by molar-refractivity contribution is -0.122. The van der Waals surface area contributed by atoms with Gasteiger partial charge in [0.15, 0.2) is 17.4 Å². The van der Waals surface area contributed by atoms with Crippen LogP contribution in [0, 0.1) is 29.8 Å². The number of phenols is 1. The Kier molecular flexibility index (Phi) is 9.77. The molecule has 0 saturated carbocycles. The minimum absolute atomic E-state index is 0.0122. The second-order valence-electron chi connectivity index (χ2n) is 13.9. The first-order valence-electron chi connectivity index (χ1n) is 17.4. The summed E-state index contributed by atoms with van der Waals surface area (Å²) in [6, 6.07) is 4.18. The van der Waals surface area contributed by atoms with Gasteiger partial charge in [0, 0.05) is 37.0 Å². The van der Waals surface area contributed by atoms with Crippen molar-refractivity contribution in [1.82, 2.24) is 19.8 Å². The summed E-state index contributed by atoms with van der Waals surface area (Å²) in [5.41, 5.74) is -2.01. The molecule has 4 aliphatic heterocycles. The van der Waals surface area contributed by atoms with E-state index in [0.29, 0.717) is 25.8 Å². The summed E-state index contributed by atoms with van der Waals surface area (Å²) in [6.45, 7) is 1.37. The van der Waals surface area contributed by atoms with Gasteiger partial charge in [-0.2, -0.15) is 9.97 Å². The fourth-order valence-electron chi connectivity index (χ4n) is 8.85. The molecular formula is C38H37F4N5O7. The van der Waals surface area contributed by atoms with E-state index in [1.807, 2.05) is 4.90 Å². The van der Waals surface area contributed by atoms with Gasteiger partial charge in [0.2, 0.25) is 0 Å². The SMILES string of the molecule is C#Cc1c(F)ccc2cc(O)cc(-c3c(F)c(OC)c4c(N5CC6CCC(C5)N6C(=O)OC)nc(OC[C@@]56CCCN5C[C@H](F)C6)nc4c3F)c12.O=CO. The summed E-state index contributed by atoms with van der Waals surface area (Å²) in [5.74, 6) is -1.39. The number of fused-ring (bicyclic) bond motifs is 5. The predicted octanol–water partition coefficient (Wildman–Crippen LogP) is 5.64. The van der Waals surface area contributed by atoms with Crippen molar-refractivity contribution < 1.29 is 51.6 Å². The van der Waals surface area contributed by atoms with Gasteiger partial charge in [-0.05, 0) is 55.8 Å². The Labute approximate surface area is 307 Å². The number of carbonyl (C=O) groups is 2. The summed E-state index contributed by atoms with van der Waals surface area (Å²) in [5, 5.41) is 17.7. The van der Waals surface area contributed by atoms with Gasteiger partial charge in [-0.1, -0.05) is 12.0 Å². The number of terminal acetylenes is 1. The van der Waals surface area contributed by atoms with Crippen LogP contribution < -0.4 is 14.4 Å². The zero-order chi connectivity index (χ0) is 38.5.